The smallest absolute Gasteiger partial charge is 0.139 e. The molecule has 0 heterocycles. The van der Waals surface area contributed by atoms with E-state index in [1.54, 1.807) is 18.2 Å². The van der Waals surface area contributed by atoms with E-state index in [2.05, 4.69) is 6.07 Å². The minimum absolute atomic E-state index is 0.581. The normalized spacial score (nSPS) is 10.4. The van der Waals surface area contributed by atoms with Crippen LogP contribution in [-0.4, -0.2) is 13.2 Å². The molecule has 0 saturated heterocycles. The maximum absolute atomic E-state index is 8.88. The molecule has 3 rings (SSSR count). The second-order valence-electron chi connectivity index (χ2n) is 6.90. The van der Waals surface area contributed by atoms with Crippen LogP contribution in [0.5, 0.6) is 11.5 Å². The molecule has 0 aliphatic heterocycles. The Hall–Kier alpha value is -2.67. The Balaban J connectivity index is 1.31. The molecule has 3 aromatic rings. The van der Waals surface area contributed by atoms with Gasteiger partial charge in [-0.1, -0.05) is 47.5 Å². The average Bonchev–Trinajstić information content (AvgIpc) is 2.78. The van der Waals surface area contributed by atoms with Gasteiger partial charge < -0.3 is 9.47 Å². The highest BCUT2D eigenvalue weighted by Gasteiger charge is 2.03. The fourth-order valence-electron chi connectivity index (χ4n) is 3.00. The second kappa shape index (κ2) is 11.5. The molecule has 0 radical (unpaired) electrons. The van der Waals surface area contributed by atoms with Crippen LogP contribution in [0.3, 0.4) is 0 Å². The Bertz CT molecular complexity index is 980. The van der Waals surface area contributed by atoms with Gasteiger partial charge in [-0.15, -0.1) is 0 Å². The van der Waals surface area contributed by atoms with Crippen molar-refractivity contribution in [2.24, 2.45) is 0 Å². The lowest BCUT2D eigenvalue weighted by Gasteiger charge is -2.09. The Labute approximate surface area is 187 Å². The number of hydrogen-bond acceptors (Lipinski definition) is 3. The van der Waals surface area contributed by atoms with Gasteiger partial charge >= 0.3 is 0 Å². The first-order valence-electron chi connectivity index (χ1n) is 9.97. The van der Waals surface area contributed by atoms with Crippen molar-refractivity contribution in [1.29, 1.82) is 5.26 Å². The summed E-state index contributed by atoms with van der Waals surface area (Å²) in [5.74, 6) is 1.50. The van der Waals surface area contributed by atoms with E-state index in [9.17, 15) is 0 Å². The van der Waals surface area contributed by atoms with Gasteiger partial charge in [0.1, 0.15) is 11.5 Å². The Morgan fingerprint density at radius 1 is 0.700 bits per heavy atom. The summed E-state index contributed by atoms with van der Waals surface area (Å²) in [7, 11) is 0. The van der Waals surface area contributed by atoms with Crippen LogP contribution in [0, 0.1) is 11.3 Å². The molecule has 0 unspecified atom stereocenters. The lowest BCUT2D eigenvalue weighted by molar-refractivity contribution is 0.287. The van der Waals surface area contributed by atoms with Crippen LogP contribution < -0.4 is 9.47 Å². The van der Waals surface area contributed by atoms with E-state index >= 15 is 0 Å². The highest BCUT2D eigenvalue weighted by molar-refractivity contribution is 6.34. The van der Waals surface area contributed by atoms with Crippen molar-refractivity contribution < 1.29 is 9.47 Å². The monoisotopic (exact) mass is 439 g/mol. The molecular formula is C25H23Cl2NO2. The van der Waals surface area contributed by atoms with Gasteiger partial charge in [0, 0.05) is 11.1 Å². The molecule has 0 bridgehead atoms. The first-order chi connectivity index (χ1) is 14.7. The molecule has 0 saturated carbocycles. The maximum atomic E-state index is 8.88. The summed E-state index contributed by atoms with van der Waals surface area (Å²) in [5, 5.41) is 10.1. The number of unbranched alkanes of at least 4 members (excludes halogenated alkanes) is 3. The predicted molar refractivity (Wildman–Crippen MR) is 123 cm³/mol. The topological polar surface area (TPSA) is 42.2 Å². The summed E-state index contributed by atoms with van der Waals surface area (Å²) < 4.78 is 11.5. The number of hydrogen-bond donors (Lipinski definition) is 0. The van der Waals surface area contributed by atoms with Crippen molar-refractivity contribution in [3.8, 4) is 28.7 Å². The zero-order valence-electron chi connectivity index (χ0n) is 16.6. The number of benzene rings is 3. The molecule has 0 aliphatic carbocycles. The van der Waals surface area contributed by atoms with E-state index in [0.29, 0.717) is 34.6 Å². The lowest BCUT2D eigenvalue weighted by Crippen LogP contribution is -2.00. The van der Waals surface area contributed by atoms with Crippen molar-refractivity contribution in [2.45, 2.75) is 25.7 Å². The summed E-state index contributed by atoms with van der Waals surface area (Å²) in [6.45, 7) is 1.31. The van der Waals surface area contributed by atoms with E-state index < -0.39 is 0 Å². The number of rotatable bonds is 10. The molecule has 154 valence electrons. The molecule has 0 amide bonds. The van der Waals surface area contributed by atoms with E-state index in [4.69, 9.17) is 37.9 Å². The third kappa shape index (κ3) is 6.69. The van der Waals surface area contributed by atoms with Gasteiger partial charge in [-0.2, -0.15) is 5.26 Å². The minimum atomic E-state index is 0.581. The zero-order valence-corrected chi connectivity index (χ0v) is 18.1. The molecular weight excluding hydrogens is 417 g/mol. The van der Waals surface area contributed by atoms with Crippen LogP contribution in [0.4, 0.5) is 0 Å². The first kappa shape index (κ1) is 22.0. The molecule has 30 heavy (non-hydrogen) atoms. The molecule has 0 atom stereocenters. The van der Waals surface area contributed by atoms with E-state index in [-0.39, 0.29) is 0 Å². The fourth-order valence-corrected chi connectivity index (χ4v) is 3.33. The number of nitriles is 1. The zero-order chi connectivity index (χ0) is 21.2. The number of ether oxygens (including phenoxy) is 2. The van der Waals surface area contributed by atoms with Gasteiger partial charge in [-0.25, -0.2) is 0 Å². The van der Waals surface area contributed by atoms with Gasteiger partial charge in [0.15, 0.2) is 0 Å². The van der Waals surface area contributed by atoms with Gasteiger partial charge in [-0.05, 0) is 73.2 Å². The average molecular weight is 440 g/mol. The van der Waals surface area contributed by atoms with Gasteiger partial charge in [0.25, 0.3) is 0 Å². The van der Waals surface area contributed by atoms with E-state index in [0.717, 1.165) is 42.6 Å². The standard InChI is InChI=1S/C25H23Cl2NO2/c26-22-11-14-24(27)25(17-22)30-16-4-2-1-3-15-29-23-12-9-21(10-13-23)20-7-5-19(18-28)6-8-20/h5-14,17H,1-4,15-16H2. The summed E-state index contributed by atoms with van der Waals surface area (Å²) in [5.41, 5.74) is 2.85. The third-order valence-corrected chi connectivity index (χ3v) is 5.21. The summed E-state index contributed by atoms with van der Waals surface area (Å²) in [4.78, 5) is 0. The highest BCUT2D eigenvalue weighted by atomic mass is 35.5. The molecule has 0 aliphatic rings. The van der Waals surface area contributed by atoms with Gasteiger partial charge in [0.05, 0.1) is 29.9 Å². The maximum Gasteiger partial charge on any atom is 0.139 e. The largest absolute Gasteiger partial charge is 0.494 e. The number of nitrogens with zero attached hydrogens (tertiary/aromatic N) is 1. The van der Waals surface area contributed by atoms with Gasteiger partial charge in [-0.3, -0.25) is 0 Å². The molecule has 0 spiro atoms. The van der Waals surface area contributed by atoms with Crippen LogP contribution >= 0.6 is 23.2 Å². The quantitative estimate of drug-likeness (QED) is 0.306. The van der Waals surface area contributed by atoms with Crippen LogP contribution in [0.2, 0.25) is 10.0 Å². The van der Waals surface area contributed by atoms with Crippen LogP contribution in [0.25, 0.3) is 11.1 Å². The van der Waals surface area contributed by atoms with Crippen molar-refractivity contribution >= 4 is 23.2 Å². The first-order valence-corrected chi connectivity index (χ1v) is 10.7. The number of halogens is 2. The Kier molecular flexibility index (Phi) is 8.44. The van der Waals surface area contributed by atoms with Crippen molar-refractivity contribution in [1.82, 2.24) is 0 Å². The second-order valence-corrected chi connectivity index (χ2v) is 7.74. The molecule has 3 aromatic carbocycles. The van der Waals surface area contributed by atoms with Gasteiger partial charge in [0.2, 0.25) is 0 Å². The van der Waals surface area contributed by atoms with Crippen LogP contribution in [-0.2, 0) is 0 Å². The molecule has 0 fully saturated rings. The minimum Gasteiger partial charge on any atom is -0.494 e. The van der Waals surface area contributed by atoms with Crippen molar-refractivity contribution in [2.75, 3.05) is 13.2 Å². The van der Waals surface area contributed by atoms with Crippen molar-refractivity contribution in [3.05, 3.63) is 82.3 Å². The fraction of sp³-hybridized carbons (Fsp3) is 0.240. The summed E-state index contributed by atoms with van der Waals surface area (Å²) in [6.07, 6.45) is 4.10. The highest BCUT2D eigenvalue weighted by Crippen LogP contribution is 2.28. The molecule has 0 N–H and O–H groups in total. The molecule has 5 heteroatoms. The Morgan fingerprint density at radius 3 is 1.93 bits per heavy atom. The predicted octanol–water partition coefficient (Wildman–Crippen LogP) is 7.55. The Morgan fingerprint density at radius 2 is 1.30 bits per heavy atom. The lowest BCUT2D eigenvalue weighted by atomic mass is 10.0. The third-order valence-electron chi connectivity index (χ3n) is 4.66. The molecule has 3 nitrogen and oxygen atoms in total. The SMILES string of the molecule is N#Cc1ccc(-c2ccc(OCCCCCCOc3cc(Cl)ccc3Cl)cc2)cc1. The van der Waals surface area contributed by atoms with E-state index in [1.807, 2.05) is 48.5 Å². The summed E-state index contributed by atoms with van der Waals surface area (Å²) >= 11 is 12.0. The van der Waals surface area contributed by atoms with Crippen molar-refractivity contribution in [3.63, 3.8) is 0 Å². The van der Waals surface area contributed by atoms with Crippen LogP contribution in [0.1, 0.15) is 31.2 Å². The van der Waals surface area contributed by atoms with Crippen LogP contribution in [0.15, 0.2) is 66.7 Å². The van der Waals surface area contributed by atoms with E-state index in [1.165, 1.54) is 0 Å². The summed E-state index contributed by atoms with van der Waals surface area (Å²) in [6, 6.07) is 23.0. The molecule has 0 aromatic heterocycles.